The van der Waals surface area contributed by atoms with Crippen LogP contribution < -0.4 is 5.32 Å². The van der Waals surface area contributed by atoms with E-state index in [0.29, 0.717) is 11.4 Å². The van der Waals surface area contributed by atoms with E-state index < -0.39 is 0 Å². The summed E-state index contributed by atoms with van der Waals surface area (Å²) in [6.45, 7) is 0.176. The molecule has 0 atom stereocenters. The van der Waals surface area contributed by atoms with Gasteiger partial charge in [0.25, 0.3) is 0 Å². The molecular weight excluding hydrogens is 326 g/mol. The summed E-state index contributed by atoms with van der Waals surface area (Å²) in [5.41, 5.74) is 2.39. The van der Waals surface area contributed by atoms with E-state index in [0.717, 1.165) is 16.6 Å². The minimum Gasteiger partial charge on any atom is -0.338 e. The number of amides is 1. The first-order valence-corrected chi connectivity index (χ1v) is 8.13. The Morgan fingerprint density at radius 3 is 2.77 bits per heavy atom. The SMILES string of the molecule is N#Cc1ccc2c(ccn2CC(=O)Nc2ccnn2-c2ccccc2)c1. The summed E-state index contributed by atoms with van der Waals surface area (Å²) in [5, 5.41) is 17.1. The lowest BCUT2D eigenvalue weighted by atomic mass is 10.2. The van der Waals surface area contributed by atoms with Crippen LogP contribution in [0.25, 0.3) is 16.6 Å². The number of aromatic nitrogens is 3. The Kier molecular flexibility index (Phi) is 3.96. The third kappa shape index (κ3) is 2.94. The van der Waals surface area contributed by atoms with Crippen molar-refractivity contribution in [3.8, 4) is 11.8 Å². The van der Waals surface area contributed by atoms with Crippen LogP contribution in [0.5, 0.6) is 0 Å². The van der Waals surface area contributed by atoms with Gasteiger partial charge in [0.05, 0.1) is 23.5 Å². The van der Waals surface area contributed by atoms with Crippen molar-refractivity contribution >= 4 is 22.6 Å². The molecule has 2 aromatic heterocycles. The van der Waals surface area contributed by atoms with Crippen LogP contribution in [0.4, 0.5) is 5.82 Å². The predicted octanol–water partition coefficient (Wildman–Crippen LogP) is 3.34. The smallest absolute Gasteiger partial charge is 0.245 e. The second-order valence-electron chi connectivity index (χ2n) is 5.84. The van der Waals surface area contributed by atoms with Crippen LogP contribution in [0, 0.1) is 11.3 Å². The second kappa shape index (κ2) is 6.57. The molecule has 0 spiro atoms. The summed E-state index contributed by atoms with van der Waals surface area (Å²) in [4.78, 5) is 12.5. The van der Waals surface area contributed by atoms with Crippen molar-refractivity contribution in [1.82, 2.24) is 14.3 Å². The van der Waals surface area contributed by atoms with Gasteiger partial charge in [0.15, 0.2) is 0 Å². The summed E-state index contributed by atoms with van der Waals surface area (Å²) >= 11 is 0. The minimum absolute atomic E-state index is 0.149. The van der Waals surface area contributed by atoms with E-state index in [1.807, 2.05) is 59.3 Å². The molecule has 4 rings (SSSR count). The molecule has 0 aliphatic carbocycles. The zero-order chi connectivity index (χ0) is 17.9. The number of benzene rings is 2. The van der Waals surface area contributed by atoms with Crippen LogP contribution >= 0.6 is 0 Å². The van der Waals surface area contributed by atoms with E-state index in [9.17, 15) is 4.79 Å². The summed E-state index contributed by atoms with van der Waals surface area (Å²) in [6, 6.07) is 20.8. The highest BCUT2D eigenvalue weighted by atomic mass is 16.2. The number of para-hydroxylation sites is 1. The summed E-state index contributed by atoms with van der Waals surface area (Å²) in [6.07, 6.45) is 3.50. The molecule has 2 heterocycles. The fraction of sp³-hybridized carbons (Fsp3) is 0.0500. The highest BCUT2D eigenvalue weighted by molar-refractivity contribution is 5.91. The summed E-state index contributed by atoms with van der Waals surface area (Å²) < 4.78 is 3.54. The number of hydrogen-bond acceptors (Lipinski definition) is 3. The number of anilines is 1. The third-order valence-corrected chi connectivity index (χ3v) is 4.13. The summed E-state index contributed by atoms with van der Waals surface area (Å²) in [7, 11) is 0. The molecule has 0 saturated carbocycles. The average Bonchev–Trinajstić information content (AvgIpc) is 3.29. The van der Waals surface area contributed by atoms with Gasteiger partial charge >= 0.3 is 0 Å². The van der Waals surface area contributed by atoms with Crippen LogP contribution in [0.2, 0.25) is 0 Å². The second-order valence-corrected chi connectivity index (χ2v) is 5.84. The number of nitrogens with one attached hydrogen (secondary N) is 1. The average molecular weight is 341 g/mol. The predicted molar refractivity (Wildman–Crippen MR) is 98.8 cm³/mol. The Morgan fingerprint density at radius 1 is 1.12 bits per heavy atom. The van der Waals surface area contributed by atoms with Crippen molar-refractivity contribution < 1.29 is 4.79 Å². The third-order valence-electron chi connectivity index (χ3n) is 4.13. The van der Waals surface area contributed by atoms with Crippen molar-refractivity contribution in [1.29, 1.82) is 5.26 Å². The molecule has 6 nitrogen and oxygen atoms in total. The number of nitrogens with zero attached hydrogens (tertiary/aromatic N) is 4. The van der Waals surface area contributed by atoms with Crippen molar-refractivity contribution in [3.05, 3.63) is 78.6 Å². The topological polar surface area (TPSA) is 75.6 Å². The molecule has 0 aliphatic rings. The Labute approximate surface area is 149 Å². The lowest BCUT2D eigenvalue weighted by molar-refractivity contribution is -0.116. The molecule has 26 heavy (non-hydrogen) atoms. The first-order chi connectivity index (χ1) is 12.7. The lowest BCUT2D eigenvalue weighted by Crippen LogP contribution is -2.20. The highest BCUT2D eigenvalue weighted by Crippen LogP contribution is 2.18. The van der Waals surface area contributed by atoms with E-state index in [-0.39, 0.29) is 12.5 Å². The van der Waals surface area contributed by atoms with Gasteiger partial charge in [-0.25, -0.2) is 4.68 Å². The van der Waals surface area contributed by atoms with Crippen molar-refractivity contribution in [2.75, 3.05) is 5.32 Å². The molecule has 0 unspecified atom stereocenters. The molecule has 0 radical (unpaired) electrons. The highest BCUT2D eigenvalue weighted by Gasteiger charge is 2.11. The first kappa shape index (κ1) is 15.7. The monoisotopic (exact) mass is 341 g/mol. The van der Waals surface area contributed by atoms with Gasteiger partial charge in [-0.15, -0.1) is 0 Å². The maximum Gasteiger partial charge on any atom is 0.245 e. The van der Waals surface area contributed by atoms with Crippen LogP contribution in [-0.4, -0.2) is 20.3 Å². The standard InChI is InChI=1S/C20H15N5O/c21-13-15-6-7-18-16(12-15)9-11-24(18)14-20(26)23-19-8-10-22-25(19)17-4-2-1-3-5-17/h1-12H,14H2,(H,23,26). The molecule has 126 valence electrons. The van der Waals surface area contributed by atoms with Crippen LogP contribution in [0.15, 0.2) is 73.1 Å². The molecule has 1 N–H and O–H groups in total. The normalized spacial score (nSPS) is 10.6. The number of fused-ring (bicyclic) bond motifs is 1. The van der Waals surface area contributed by atoms with Gasteiger partial charge in [0, 0.05) is 23.2 Å². The molecule has 6 heteroatoms. The van der Waals surface area contributed by atoms with Gasteiger partial charge < -0.3 is 9.88 Å². The molecule has 1 amide bonds. The fourth-order valence-electron chi connectivity index (χ4n) is 2.92. The zero-order valence-corrected chi connectivity index (χ0v) is 13.8. The Hall–Kier alpha value is -3.85. The van der Waals surface area contributed by atoms with Gasteiger partial charge in [0.1, 0.15) is 12.4 Å². The van der Waals surface area contributed by atoms with E-state index in [1.54, 1.807) is 23.0 Å². The molecule has 0 fully saturated rings. The van der Waals surface area contributed by atoms with Crippen molar-refractivity contribution in [2.45, 2.75) is 6.54 Å². The van der Waals surface area contributed by atoms with E-state index in [4.69, 9.17) is 5.26 Å². The van der Waals surface area contributed by atoms with Crippen molar-refractivity contribution in [2.24, 2.45) is 0 Å². The Balaban J connectivity index is 1.54. The van der Waals surface area contributed by atoms with Gasteiger partial charge in [-0.2, -0.15) is 10.4 Å². The molecule has 2 aromatic carbocycles. The molecule has 0 bridgehead atoms. The number of carbonyl (C=O) groups is 1. The molecule has 4 aromatic rings. The van der Waals surface area contributed by atoms with E-state index >= 15 is 0 Å². The number of rotatable bonds is 4. The Morgan fingerprint density at radius 2 is 1.96 bits per heavy atom. The Bertz CT molecular complexity index is 1120. The van der Waals surface area contributed by atoms with Gasteiger partial charge in [-0.1, -0.05) is 18.2 Å². The van der Waals surface area contributed by atoms with Gasteiger partial charge in [-0.3, -0.25) is 4.79 Å². The molecule has 0 saturated heterocycles. The minimum atomic E-state index is -0.149. The number of carbonyl (C=O) groups excluding carboxylic acids is 1. The van der Waals surface area contributed by atoms with Gasteiger partial charge in [-0.05, 0) is 36.4 Å². The van der Waals surface area contributed by atoms with Crippen LogP contribution in [0.1, 0.15) is 5.56 Å². The number of nitriles is 1. The van der Waals surface area contributed by atoms with Crippen molar-refractivity contribution in [3.63, 3.8) is 0 Å². The fourth-order valence-corrected chi connectivity index (χ4v) is 2.92. The quantitative estimate of drug-likeness (QED) is 0.618. The van der Waals surface area contributed by atoms with Crippen LogP contribution in [0.3, 0.4) is 0 Å². The maximum absolute atomic E-state index is 12.5. The lowest BCUT2D eigenvalue weighted by Gasteiger charge is -2.10. The van der Waals surface area contributed by atoms with Gasteiger partial charge in [0.2, 0.25) is 5.91 Å². The van der Waals surface area contributed by atoms with E-state index in [2.05, 4.69) is 16.5 Å². The number of hydrogen-bond donors (Lipinski definition) is 1. The molecule has 0 aliphatic heterocycles. The first-order valence-electron chi connectivity index (χ1n) is 8.13. The summed E-state index contributed by atoms with van der Waals surface area (Å²) in [5.74, 6) is 0.467. The van der Waals surface area contributed by atoms with E-state index in [1.165, 1.54) is 0 Å². The molecular formula is C20H15N5O. The van der Waals surface area contributed by atoms with Crippen LogP contribution in [-0.2, 0) is 11.3 Å². The maximum atomic E-state index is 12.5. The largest absolute Gasteiger partial charge is 0.338 e. The zero-order valence-electron chi connectivity index (χ0n) is 13.8.